The summed E-state index contributed by atoms with van der Waals surface area (Å²) < 4.78 is 29.9. The Hall–Kier alpha value is -1.57. The lowest BCUT2D eigenvalue weighted by Crippen LogP contribution is -2.36. The van der Waals surface area contributed by atoms with Gasteiger partial charge in [-0.25, -0.2) is 4.31 Å². The Labute approximate surface area is 145 Å². The first-order valence-corrected chi connectivity index (χ1v) is 9.57. The van der Waals surface area contributed by atoms with E-state index in [9.17, 15) is 8.42 Å². The Morgan fingerprint density at radius 3 is 2.52 bits per heavy atom. The van der Waals surface area contributed by atoms with Gasteiger partial charge in [0.2, 0.25) is 0 Å². The number of nitrogens with zero attached hydrogens (tertiary/aromatic N) is 2. The molecule has 1 heterocycles. The standard InChI is InChI=1S/C16H18BrN3O2S/c1-18-10-5-11-19-15-8-2-3-9-16(15)20(23(19,21)22)14-7-4-6-13(17)12-14/h2-4,6-9,12,18H,5,10-11H2,1H3. The van der Waals surface area contributed by atoms with Crippen molar-refractivity contribution in [2.75, 3.05) is 28.7 Å². The summed E-state index contributed by atoms with van der Waals surface area (Å²) in [4.78, 5) is 0. The van der Waals surface area contributed by atoms with Gasteiger partial charge in [0.1, 0.15) is 0 Å². The molecule has 5 nitrogen and oxygen atoms in total. The Bertz CT molecular complexity index is 810. The van der Waals surface area contributed by atoms with E-state index in [1.54, 1.807) is 6.07 Å². The van der Waals surface area contributed by atoms with Gasteiger partial charge in [-0.2, -0.15) is 8.42 Å². The molecule has 0 fully saturated rings. The highest BCUT2D eigenvalue weighted by Gasteiger charge is 2.40. The Kier molecular flexibility index (Phi) is 4.61. The molecule has 0 saturated carbocycles. The normalized spacial score (nSPS) is 15.7. The van der Waals surface area contributed by atoms with Gasteiger partial charge in [-0.1, -0.05) is 34.1 Å². The number of para-hydroxylation sites is 2. The number of hydrogen-bond donors (Lipinski definition) is 1. The van der Waals surface area contributed by atoms with Gasteiger partial charge in [-0.05, 0) is 50.3 Å². The van der Waals surface area contributed by atoms with Crippen LogP contribution in [0.25, 0.3) is 0 Å². The third-order valence-corrected chi connectivity index (χ3v) is 6.01. The molecule has 0 bridgehead atoms. The van der Waals surface area contributed by atoms with Crippen LogP contribution < -0.4 is 13.9 Å². The molecule has 2 aromatic rings. The first-order valence-electron chi connectivity index (χ1n) is 7.38. The zero-order valence-electron chi connectivity index (χ0n) is 12.7. The van der Waals surface area contributed by atoms with E-state index in [1.807, 2.05) is 49.5 Å². The first-order chi connectivity index (χ1) is 11.1. The Morgan fingerprint density at radius 1 is 1.09 bits per heavy atom. The molecule has 3 rings (SSSR count). The van der Waals surface area contributed by atoms with Crippen molar-refractivity contribution in [2.24, 2.45) is 0 Å². The number of fused-ring (bicyclic) bond motifs is 1. The van der Waals surface area contributed by atoms with E-state index >= 15 is 0 Å². The third kappa shape index (κ3) is 2.96. The van der Waals surface area contributed by atoms with Gasteiger partial charge in [0.25, 0.3) is 0 Å². The van der Waals surface area contributed by atoms with Crippen molar-refractivity contribution < 1.29 is 8.42 Å². The van der Waals surface area contributed by atoms with Gasteiger partial charge in [0, 0.05) is 11.0 Å². The van der Waals surface area contributed by atoms with Gasteiger partial charge >= 0.3 is 10.2 Å². The quantitative estimate of drug-likeness (QED) is 0.790. The lowest BCUT2D eigenvalue weighted by Gasteiger charge is -2.22. The summed E-state index contributed by atoms with van der Waals surface area (Å²) in [6.45, 7) is 1.22. The van der Waals surface area contributed by atoms with Gasteiger partial charge in [-0.15, -0.1) is 0 Å². The minimum absolute atomic E-state index is 0.449. The van der Waals surface area contributed by atoms with Crippen LogP contribution in [0.1, 0.15) is 6.42 Å². The molecule has 0 saturated heterocycles. The smallest absolute Gasteiger partial charge is 0.320 e. The van der Waals surface area contributed by atoms with E-state index in [0.717, 1.165) is 23.1 Å². The summed E-state index contributed by atoms with van der Waals surface area (Å²) in [7, 11) is -1.76. The lowest BCUT2D eigenvalue weighted by molar-refractivity contribution is 0.591. The molecule has 1 N–H and O–H groups in total. The van der Waals surface area contributed by atoms with Crippen molar-refractivity contribution in [2.45, 2.75) is 6.42 Å². The fourth-order valence-electron chi connectivity index (χ4n) is 2.70. The number of benzene rings is 2. The predicted molar refractivity (Wildman–Crippen MR) is 97.5 cm³/mol. The summed E-state index contributed by atoms with van der Waals surface area (Å²) >= 11 is 3.41. The van der Waals surface area contributed by atoms with Crippen LogP contribution in [0.2, 0.25) is 0 Å². The highest BCUT2D eigenvalue weighted by Crippen LogP contribution is 2.45. The molecule has 0 atom stereocenters. The predicted octanol–water partition coefficient (Wildman–Crippen LogP) is 3.26. The minimum Gasteiger partial charge on any atom is -0.320 e. The van der Waals surface area contributed by atoms with Crippen molar-refractivity contribution in [3.8, 4) is 0 Å². The largest absolute Gasteiger partial charge is 0.330 e. The molecule has 7 heteroatoms. The molecular weight excluding hydrogens is 378 g/mol. The molecule has 0 aromatic heterocycles. The third-order valence-electron chi connectivity index (χ3n) is 3.71. The van der Waals surface area contributed by atoms with Crippen molar-refractivity contribution in [1.29, 1.82) is 0 Å². The highest BCUT2D eigenvalue weighted by atomic mass is 79.9. The second-order valence-electron chi connectivity index (χ2n) is 5.27. The molecular formula is C16H18BrN3O2S. The van der Waals surface area contributed by atoms with E-state index in [1.165, 1.54) is 8.61 Å². The van der Waals surface area contributed by atoms with Crippen molar-refractivity contribution in [3.63, 3.8) is 0 Å². The molecule has 0 spiro atoms. The summed E-state index contributed by atoms with van der Waals surface area (Å²) in [6.07, 6.45) is 0.746. The monoisotopic (exact) mass is 395 g/mol. The molecule has 1 aliphatic rings. The number of anilines is 3. The maximum Gasteiger partial charge on any atom is 0.330 e. The molecule has 0 unspecified atom stereocenters. The van der Waals surface area contributed by atoms with Crippen molar-refractivity contribution in [3.05, 3.63) is 53.0 Å². The van der Waals surface area contributed by atoms with Crippen LogP contribution in [0.3, 0.4) is 0 Å². The summed E-state index contributed by atoms with van der Waals surface area (Å²) in [6, 6.07) is 14.7. The average molecular weight is 396 g/mol. The molecule has 0 amide bonds. The van der Waals surface area contributed by atoms with Crippen LogP contribution in [0.15, 0.2) is 53.0 Å². The summed E-state index contributed by atoms with van der Waals surface area (Å²) in [5, 5.41) is 3.05. The van der Waals surface area contributed by atoms with Crippen LogP contribution in [0, 0.1) is 0 Å². The molecule has 23 heavy (non-hydrogen) atoms. The fraction of sp³-hybridized carbons (Fsp3) is 0.250. The van der Waals surface area contributed by atoms with Crippen LogP contribution in [-0.2, 0) is 10.2 Å². The number of rotatable bonds is 5. The van der Waals surface area contributed by atoms with Gasteiger partial charge < -0.3 is 5.32 Å². The van der Waals surface area contributed by atoms with Crippen LogP contribution in [0.5, 0.6) is 0 Å². The second-order valence-corrected chi connectivity index (χ2v) is 7.89. The van der Waals surface area contributed by atoms with E-state index in [0.29, 0.717) is 17.9 Å². The van der Waals surface area contributed by atoms with Crippen LogP contribution in [-0.4, -0.2) is 28.6 Å². The average Bonchev–Trinajstić information content (AvgIpc) is 2.74. The van der Waals surface area contributed by atoms with E-state index in [2.05, 4.69) is 21.2 Å². The lowest BCUT2D eigenvalue weighted by atomic mass is 10.2. The van der Waals surface area contributed by atoms with Gasteiger partial charge in [-0.3, -0.25) is 4.31 Å². The van der Waals surface area contributed by atoms with E-state index in [-0.39, 0.29) is 0 Å². The first kappa shape index (κ1) is 16.3. The molecule has 1 aliphatic heterocycles. The minimum atomic E-state index is -3.62. The Balaban J connectivity index is 2.07. The van der Waals surface area contributed by atoms with Gasteiger partial charge in [0.05, 0.1) is 17.1 Å². The number of halogens is 1. The van der Waals surface area contributed by atoms with E-state index < -0.39 is 10.2 Å². The maximum absolute atomic E-state index is 13.1. The Morgan fingerprint density at radius 2 is 1.83 bits per heavy atom. The highest BCUT2D eigenvalue weighted by molar-refractivity contribution is 9.10. The van der Waals surface area contributed by atoms with Crippen LogP contribution >= 0.6 is 15.9 Å². The molecule has 0 aliphatic carbocycles. The molecule has 122 valence electrons. The maximum atomic E-state index is 13.1. The summed E-state index contributed by atoms with van der Waals surface area (Å²) in [5.41, 5.74) is 2.04. The number of hydrogen-bond acceptors (Lipinski definition) is 3. The zero-order chi connectivity index (χ0) is 16.4. The molecule has 0 radical (unpaired) electrons. The van der Waals surface area contributed by atoms with Crippen molar-refractivity contribution >= 4 is 43.2 Å². The van der Waals surface area contributed by atoms with Crippen molar-refractivity contribution in [1.82, 2.24) is 5.32 Å². The summed E-state index contributed by atoms with van der Waals surface area (Å²) in [5.74, 6) is 0. The topological polar surface area (TPSA) is 52.6 Å². The van der Waals surface area contributed by atoms with Crippen LogP contribution in [0.4, 0.5) is 17.1 Å². The number of nitrogens with one attached hydrogen (secondary N) is 1. The zero-order valence-corrected chi connectivity index (χ0v) is 15.1. The second kappa shape index (κ2) is 6.51. The SMILES string of the molecule is CNCCCN1c2ccccc2N(c2cccc(Br)c2)S1(=O)=O. The molecule has 2 aromatic carbocycles. The fourth-order valence-corrected chi connectivity index (χ4v) is 4.83. The van der Waals surface area contributed by atoms with Gasteiger partial charge in [0.15, 0.2) is 0 Å². The van der Waals surface area contributed by atoms with E-state index in [4.69, 9.17) is 0 Å².